The quantitative estimate of drug-likeness (QED) is 0.816. The lowest BCUT2D eigenvalue weighted by Crippen LogP contribution is -2.44. The average molecular weight is 240 g/mol. The maximum absolute atomic E-state index is 11.6. The van der Waals surface area contributed by atoms with Crippen molar-refractivity contribution in [2.45, 2.75) is 19.0 Å². The van der Waals surface area contributed by atoms with Crippen molar-refractivity contribution in [3.05, 3.63) is 22.4 Å². The van der Waals surface area contributed by atoms with Gasteiger partial charge in [-0.25, -0.2) is 0 Å². The first-order valence-electron chi connectivity index (χ1n) is 5.43. The number of rotatable bonds is 4. The number of ether oxygens (including phenoxy) is 1. The number of carbonyl (C=O) groups is 1. The maximum atomic E-state index is 11.6. The van der Waals surface area contributed by atoms with Crippen LogP contribution in [0.5, 0.6) is 0 Å². The molecule has 0 radical (unpaired) electrons. The van der Waals surface area contributed by atoms with Crippen LogP contribution in [0.2, 0.25) is 0 Å². The second kappa shape index (κ2) is 5.98. The van der Waals surface area contributed by atoms with Gasteiger partial charge in [-0.1, -0.05) is 0 Å². The van der Waals surface area contributed by atoms with Crippen molar-refractivity contribution in [3.8, 4) is 0 Å². The Kier molecular flexibility index (Phi) is 4.33. The van der Waals surface area contributed by atoms with E-state index < -0.39 is 0 Å². The first-order valence-corrected chi connectivity index (χ1v) is 6.38. The first-order chi connectivity index (χ1) is 7.84. The van der Waals surface area contributed by atoms with Crippen LogP contribution in [0.4, 0.5) is 0 Å². The molecule has 1 aliphatic heterocycles. The van der Waals surface area contributed by atoms with Crippen molar-refractivity contribution in [3.63, 3.8) is 0 Å². The first kappa shape index (κ1) is 11.6. The van der Waals surface area contributed by atoms with E-state index in [0.29, 0.717) is 19.6 Å². The summed E-state index contributed by atoms with van der Waals surface area (Å²) in [6.07, 6.45) is 0.490. The molecular weight excluding hydrogens is 224 g/mol. The Bertz CT molecular complexity index is 321. The van der Waals surface area contributed by atoms with Crippen molar-refractivity contribution in [2.75, 3.05) is 19.8 Å². The summed E-state index contributed by atoms with van der Waals surface area (Å²) in [5.41, 5.74) is 1.16. The molecule has 1 atom stereocenters. The number of morpholine rings is 1. The van der Waals surface area contributed by atoms with Crippen LogP contribution < -0.4 is 10.6 Å². The van der Waals surface area contributed by atoms with Crippen LogP contribution in [-0.2, 0) is 16.1 Å². The minimum atomic E-state index is 0.0780. The van der Waals surface area contributed by atoms with Crippen LogP contribution in [-0.4, -0.2) is 31.7 Å². The molecule has 2 rings (SSSR count). The molecule has 1 fully saturated rings. The SMILES string of the molecule is O=C(CC1COCCN1)NCc1ccsc1. The molecule has 0 bridgehead atoms. The number of hydrogen-bond acceptors (Lipinski definition) is 4. The Morgan fingerprint density at radius 2 is 2.62 bits per heavy atom. The minimum absolute atomic E-state index is 0.0780. The second-order valence-electron chi connectivity index (χ2n) is 3.84. The van der Waals surface area contributed by atoms with Gasteiger partial charge in [-0.3, -0.25) is 4.79 Å². The fourth-order valence-electron chi connectivity index (χ4n) is 1.64. The van der Waals surface area contributed by atoms with Crippen molar-refractivity contribution in [1.29, 1.82) is 0 Å². The van der Waals surface area contributed by atoms with Gasteiger partial charge in [0.15, 0.2) is 0 Å². The van der Waals surface area contributed by atoms with E-state index in [1.165, 1.54) is 0 Å². The molecule has 1 aromatic rings. The molecule has 0 spiro atoms. The molecule has 4 nitrogen and oxygen atoms in total. The average Bonchev–Trinajstić information content (AvgIpc) is 2.81. The van der Waals surface area contributed by atoms with E-state index in [1.54, 1.807) is 11.3 Å². The number of amides is 1. The highest BCUT2D eigenvalue weighted by Gasteiger charge is 2.16. The van der Waals surface area contributed by atoms with Gasteiger partial charge in [-0.15, -0.1) is 0 Å². The van der Waals surface area contributed by atoms with Crippen LogP contribution in [0.25, 0.3) is 0 Å². The monoisotopic (exact) mass is 240 g/mol. The summed E-state index contributed by atoms with van der Waals surface area (Å²) in [5, 5.41) is 10.2. The van der Waals surface area contributed by atoms with Crippen LogP contribution in [0.15, 0.2) is 16.8 Å². The van der Waals surface area contributed by atoms with Gasteiger partial charge < -0.3 is 15.4 Å². The van der Waals surface area contributed by atoms with Gasteiger partial charge in [0.25, 0.3) is 0 Å². The molecule has 1 amide bonds. The summed E-state index contributed by atoms with van der Waals surface area (Å²) in [5.74, 6) is 0.0780. The Hall–Kier alpha value is -0.910. The van der Waals surface area contributed by atoms with Crippen molar-refractivity contribution >= 4 is 17.2 Å². The minimum Gasteiger partial charge on any atom is -0.378 e. The molecule has 1 aliphatic rings. The molecule has 2 heterocycles. The molecule has 5 heteroatoms. The Morgan fingerprint density at radius 1 is 1.69 bits per heavy atom. The summed E-state index contributed by atoms with van der Waals surface area (Å²) in [6.45, 7) is 2.83. The fraction of sp³-hybridized carbons (Fsp3) is 0.545. The van der Waals surface area contributed by atoms with Crippen LogP contribution in [0, 0.1) is 0 Å². The van der Waals surface area contributed by atoms with E-state index in [9.17, 15) is 4.79 Å². The Morgan fingerprint density at radius 3 is 3.31 bits per heavy atom. The molecule has 1 aromatic heterocycles. The number of hydrogen-bond donors (Lipinski definition) is 2. The third kappa shape index (κ3) is 3.59. The predicted octanol–water partition coefficient (Wildman–Crippen LogP) is 0.743. The van der Waals surface area contributed by atoms with Crippen LogP contribution >= 0.6 is 11.3 Å². The van der Waals surface area contributed by atoms with Crippen molar-refractivity contribution in [2.24, 2.45) is 0 Å². The number of nitrogens with one attached hydrogen (secondary N) is 2. The molecule has 1 unspecified atom stereocenters. The third-order valence-corrected chi connectivity index (χ3v) is 3.23. The highest BCUT2D eigenvalue weighted by molar-refractivity contribution is 7.07. The smallest absolute Gasteiger partial charge is 0.221 e. The maximum Gasteiger partial charge on any atom is 0.221 e. The van der Waals surface area contributed by atoms with Crippen LogP contribution in [0.1, 0.15) is 12.0 Å². The lowest BCUT2D eigenvalue weighted by atomic mass is 10.2. The van der Waals surface area contributed by atoms with E-state index in [4.69, 9.17) is 4.74 Å². The van der Waals surface area contributed by atoms with Gasteiger partial charge in [0.05, 0.1) is 13.2 Å². The van der Waals surface area contributed by atoms with Gasteiger partial charge >= 0.3 is 0 Å². The van der Waals surface area contributed by atoms with Gasteiger partial charge in [0.1, 0.15) is 0 Å². The van der Waals surface area contributed by atoms with Gasteiger partial charge in [-0.2, -0.15) is 11.3 Å². The highest BCUT2D eigenvalue weighted by atomic mass is 32.1. The molecule has 88 valence electrons. The van der Waals surface area contributed by atoms with E-state index in [0.717, 1.165) is 18.7 Å². The molecule has 1 saturated heterocycles. The van der Waals surface area contributed by atoms with E-state index in [1.807, 2.05) is 16.8 Å². The van der Waals surface area contributed by atoms with Crippen LogP contribution in [0.3, 0.4) is 0 Å². The molecule has 0 aromatic carbocycles. The summed E-state index contributed by atoms with van der Waals surface area (Å²) in [7, 11) is 0. The van der Waals surface area contributed by atoms with E-state index >= 15 is 0 Å². The molecule has 2 N–H and O–H groups in total. The summed E-state index contributed by atoms with van der Waals surface area (Å²) < 4.78 is 5.29. The number of carbonyl (C=O) groups excluding carboxylic acids is 1. The molecule has 16 heavy (non-hydrogen) atoms. The van der Waals surface area contributed by atoms with Gasteiger partial charge in [0.2, 0.25) is 5.91 Å². The van der Waals surface area contributed by atoms with E-state index in [-0.39, 0.29) is 11.9 Å². The molecular formula is C11H16N2O2S. The Labute approximate surface area is 99.0 Å². The standard InChI is InChI=1S/C11H16N2O2S/c14-11(5-10-7-15-3-2-12-10)13-6-9-1-4-16-8-9/h1,4,8,10,12H,2-3,5-7H2,(H,13,14). The Balaban J connectivity index is 1.67. The van der Waals surface area contributed by atoms with Crippen molar-refractivity contribution < 1.29 is 9.53 Å². The largest absolute Gasteiger partial charge is 0.378 e. The zero-order valence-corrected chi connectivity index (χ0v) is 9.89. The highest BCUT2D eigenvalue weighted by Crippen LogP contribution is 2.05. The zero-order chi connectivity index (χ0) is 11.2. The summed E-state index contributed by atoms with van der Waals surface area (Å²) in [6, 6.07) is 2.18. The lowest BCUT2D eigenvalue weighted by molar-refractivity contribution is -0.122. The van der Waals surface area contributed by atoms with Crippen molar-refractivity contribution in [1.82, 2.24) is 10.6 Å². The van der Waals surface area contributed by atoms with E-state index in [2.05, 4.69) is 10.6 Å². The lowest BCUT2D eigenvalue weighted by Gasteiger charge is -2.23. The second-order valence-corrected chi connectivity index (χ2v) is 4.62. The third-order valence-electron chi connectivity index (χ3n) is 2.50. The van der Waals surface area contributed by atoms with Gasteiger partial charge in [0, 0.05) is 25.6 Å². The number of thiophene rings is 1. The predicted molar refractivity (Wildman–Crippen MR) is 63.4 cm³/mol. The summed E-state index contributed by atoms with van der Waals surface area (Å²) in [4.78, 5) is 11.6. The fourth-order valence-corrected chi connectivity index (χ4v) is 2.31. The topological polar surface area (TPSA) is 50.4 Å². The summed E-state index contributed by atoms with van der Waals surface area (Å²) >= 11 is 1.64. The normalized spacial score (nSPS) is 20.6. The van der Waals surface area contributed by atoms with Gasteiger partial charge in [-0.05, 0) is 22.4 Å². The zero-order valence-electron chi connectivity index (χ0n) is 9.07. The molecule has 0 aliphatic carbocycles. The molecule has 0 saturated carbocycles.